The standard InChI is InChI=1S/C56H62N4O7/c1-3-5-6-11-18-43-21-25-45(26-22-43)57-59-53-37-38-54(52-20-13-12-19-51(52)53)60-58-46-27-31-48(32-28-46)64-40-14-7-8-15-41-65-49-33-35-50(36-34-49)67-56(62)44-23-29-47(30-24-44)63-39-16-9-10-17-42-66-55(61)4-2/h4,12-13,19-38H,2-3,5-11,14-18,39-42H2,1H3. The summed E-state index contributed by atoms with van der Waals surface area (Å²) >= 11 is 0. The molecular formula is C56H62N4O7. The summed E-state index contributed by atoms with van der Waals surface area (Å²) in [5.41, 5.74) is 4.89. The molecule has 11 nitrogen and oxygen atoms in total. The minimum Gasteiger partial charge on any atom is -0.494 e. The van der Waals surface area contributed by atoms with E-state index >= 15 is 0 Å². The van der Waals surface area contributed by atoms with Gasteiger partial charge in [0.1, 0.15) is 23.0 Å². The fraction of sp³-hybridized carbons (Fsp3) is 0.321. The predicted molar refractivity (Wildman–Crippen MR) is 265 cm³/mol. The highest BCUT2D eigenvalue weighted by Crippen LogP contribution is 2.35. The molecule has 0 heterocycles. The zero-order valence-electron chi connectivity index (χ0n) is 38.7. The third-order valence-corrected chi connectivity index (χ3v) is 10.9. The summed E-state index contributed by atoms with van der Waals surface area (Å²) in [7, 11) is 0. The summed E-state index contributed by atoms with van der Waals surface area (Å²) in [6.07, 6.45) is 14.8. The van der Waals surface area contributed by atoms with Gasteiger partial charge >= 0.3 is 11.9 Å². The van der Waals surface area contributed by atoms with E-state index in [1.54, 1.807) is 48.5 Å². The third kappa shape index (κ3) is 17.3. The van der Waals surface area contributed by atoms with Crippen molar-refractivity contribution in [2.24, 2.45) is 20.5 Å². The van der Waals surface area contributed by atoms with E-state index < -0.39 is 11.9 Å². The summed E-state index contributed by atoms with van der Waals surface area (Å²) in [5, 5.41) is 20.1. The van der Waals surface area contributed by atoms with Gasteiger partial charge in [-0.25, -0.2) is 9.59 Å². The number of carbonyl (C=O) groups excluding carboxylic acids is 2. The number of hydrogen-bond donors (Lipinski definition) is 0. The molecule has 0 amide bonds. The first-order valence-corrected chi connectivity index (χ1v) is 23.6. The number of unbranched alkanes of at least 4 members (excludes halogenated alkanes) is 9. The fourth-order valence-corrected chi connectivity index (χ4v) is 7.13. The topological polar surface area (TPSA) is 130 Å². The lowest BCUT2D eigenvalue weighted by molar-refractivity contribution is -0.137. The SMILES string of the molecule is C=CC(=O)OCCCCCCOc1ccc(C(=O)Oc2ccc(OCCCCCCOc3ccc(N=Nc4ccc(N=Nc5ccc(CCCCCC)cc5)c5ccccc45)cc3)cc2)cc1. The number of fused-ring (bicyclic) bond motifs is 1. The Bertz CT molecular complexity index is 2490. The Morgan fingerprint density at radius 3 is 1.43 bits per heavy atom. The number of esters is 2. The van der Waals surface area contributed by atoms with E-state index in [1.165, 1.54) is 37.3 Å². The number of aryl methyl sites for hydroxylation is 1. The largest absolute Gasteiger partial charge is 0.494 e. The summed E-state index contributed by atoms with van der Waals surface area (Å²) in [6.45, 7) is 7.80. The van der Waals surface area contributed by atoms with Crippen molar-refractivity contribution >= 4 is 45.5 Å². The van der Waals surface area contributed by atoms with E-state index in [9.17, 15) is 9.59 Å². The van der Waals surface area contributed by atoms with E-state index in [0.29, 0.717) is 43.5 Å². The minimum absolute atomic E-state index is 0.392. The number of ether oxygens (including phenoxy) is 5. The van der Waals surface area contributed by atoms with Crippen LogP contribution in [0.5, 0.6) is 23.0 Å². The van der Waals surface area contributed by atoms with Gasteiger partial charge in [-0.05, 0) is 167 Å². The Labute approximate surface area is 394 Å². The molecule has 0 bridgehead atoms. The van der Waals surface area contributed by atoms with Gasteiger partial charge in [0.15, 0.2) is 0 Å². The van der Waals surface area contributed by atoms with Crippen LogP contribution in [0.25, 0.3) is 10.8 Å². The van der Waals surface area contributed by atoms with Gasteiger partial charge in [-0.1, -0.05) is 69.2 Å². The first-order valence-electron chi connectivity index (χ1n) is 23.6. The molecule has 6 aromatic rings. The molecule has 0 atom stereocenters. The van der Waals surface area contributed by atoms with Crippen molar-refractivity contribution in [1.82, 2.24) is 0 Å². The second-order valence-electron chi connectivity index (χ2n) is 16.2. The highest BCUT2D eigenvalue weighted by atomic mass is 16.5. The molecule has 0 fully saturated rings. The van der Waals surface area contributed by atoms with Crippen molar-refractivity contribution < 1.29 is 33.3 Å². The van der Waals surface area contributed by atoms with Crippen molar-refractivity contribution in [1.29, 1.82) is 0 Å². The molecule has 67 heavy (non-hydrogen) atoms. The lowest BCUT2D eigenvalue weighted by Gasteiger charge is -2.09. The van der Waals surface area contributed by atoms with Gasteiger partial charge in [-0.3, -0.25) is 0 Å². The van der Waals surface area contributed by atoms with E-state index in [1.807, 2.05) is 72.8 Å². The number of carbonyl (C=O) groups is 2. The molecule has 0 radical (unpaired) electrons. The molecule has 0 aliphatic rings. The third-order valence-electron chi connectivity index (χ3n) is 10.9. The maximum absolute atomic E-state index is 12.7. The number of rotatable bonds is 29. The van der Waals surface area contributed by atoms with E-state index in [0.717, 1.165) is 103 Å². The lowest BCUT2D eigenvalue weighted by atomic mass is 10.1. The highest BCUT2D eigenvalue weighted by Gasteiger charge is 2.10. The van der Waals surface area contributed by atoms with Crippen LogP contribution in [0, 0.1) is 0 Å². The first kappa shape index (κ1) is 49.3. The Morgan fingerprint density at radius 1 is 0.478 bits per heavy atom. The molecule has 0 aliphatic carbocycles. The van der Waals surface area contributed by atoms with Crippen LogP contribution in [-0.2, 0) is 16.0 Å². The molecule has 6 aromatic carbocycles. The van der Waals surface area contributed by atoms with Crippen LogP contribution in [0.15, 0.2) is 167 Å². The lowest BCUT2D eigenvalue weighted by Crippen LogP contribution is -2.08. The first-order chi connectivity index (χ1) is 33.0. The van der Waals surface area contributed by atoms with E-state index in [-0.39, 0.29) is 0 Å². The van der Waals surface area contributed by atoms with Gasteiger partial charge in [0.05, 0.1) is 54.7 Å². The van der Waals surface area contributed by atoms with E-state index in [2.05, 4.69) is 46.1 Å². The Kier molecular flexibility index (Phi) is 20.6. The van der Waals surface area contributed by atoms with E-state index in [4.69, 9.17) is 23.7 Å². The molecule has 0 spiro atoms. The molecule has 0 saturated heterocycles. The number of benzene rings is 6. The summed E-state index contributed by atoms with van der Waals surface area (Å²) < 4.78 is 28.2. The van der Waals surface area contributed by atoms with Crippen LogP contribution in [-0.4, -0.2) is 38.4 Å². The Hall–Kier alpha value is -7.14. The minimum atomic E-state index is -0.447. The molecule has 0 saturated carbocycles. The quantitative estimate of drug-likeness (QED) is 0.0151. The molecule has 0 N–H and O–H groups in total. The summed E-state index contributed by atoms with van der Waals surface area (Å²) in [5.74, 6) is 1.80. The normalized spacial score (nSPS) is 11.2. The van der Waals surface area contributed by atoms with Gasteiger partial charge in [-0.15, -0.1) is 10.2 Å². The summed E-state index contributed by atoms with van der Waals surface area (Å²) in [4.78, 5) is 23.8. The molecule has 6 rings (SSSR count). The zero-order chi connectivity index (χ0) is 46.7. The average molecular weight is 903 g/mol. The maximum atomic E-state index is 12.7. The molecule has 0 aromatic heterocycles. The van der Waals surface area contributed by atoms with Gasteiger partial charge in [-0.2, -0.15) is 10.2 Å². The molecular weight excluding hydrogens is 841 g/mol. The predicted octanol–water partition coefficient (Wildman–Crippen LogP) is 15.7. The monoisotopic (exact) mass is 902 g/mol. The smallest absolute Gasteiger partial charge is 0.343 e. The second kappa shape index (κ2) is 28.0. The van der Waals surface area contributed by atoms with Gasteiger partial charge in [0.25, 0.3) is 0 Å². The van der Waals surface area contributed by atoms with Crippen molar-refractivity contribution in [3.63, 3.8) is 0 Å². The molecule has 0 unspecified atom stereocenters. The van der Waals surface area contributed by atoms with Crippen LogP contribution in [0.4, 0.5) is 22.7 Å². The highest BCUT2D eigenvalue weighted by molar-refractivity contribution is 5.99. The van der Waals surface area contributed by atoms with Crippen LogP contribution >= 0.6 is 0 Å². The summed E-state index contributed by atoms with van der Waals surface area (Å²) in [6, 6.07) is 41.9. The second-order valence-corrected chi connectivity index (χ2v) is 16.2. The number of azo groups is 2. The maximum Gasteiger partial charge on any atom is 0.343 e. The van der Waals surface area contributed by atoms with Crippen LogP contribution < -0.4 is 18.9 Å². The van der Waals surface area contributed by atoms with Crippen molar-refractivity contribution in [3.05, 3.63) is 157 Å². The van der Waals surface area contributed by atoms with Crippen molar-refractivity contribution in [3.8, 4) is 23.0 Å². The molecule has 0 aliphatic heterocycles. The van der Waals surface area contributed by atoms with Crippen LogP contribution in [0.2, 0.25) is 0 Å². The molecule has 11 heteroatoms. The van der Waals surface area contributed by atoms with Crippen LogP contribution in [0.1, 0.15) is 99.9 Å². The molecule has 348 valence electrons. The van der Waals surface area contributed by atoms with Gasteiger partial charge in [0.2, 0.25) is 0 Å². The Morgan fingerprint density at radius 2 is 0.925 bits per heavy atom. The van der Waals surface area contributed by atoms with Crippen molar-refractivity contribution in [2.75, 3.05) is 26.4 Å². The zero-order valence-corrected chi connectivity index (χ0v) is 38.7. The van der Waals surface area contributed by atoms with Gasteiger partial charge < -0.3 is 23.7 Å². The Balaban J connectivity index is 0.827. The number of hydrogen-bond acceptors (Lipinski definition) is 11. The van der Waals surface area contributed by atoms with Crippen LogP contribution in [0.3, 0.4) is 0 Å². The van der Waals surface area contributed by atoms with Gasteiger partial charge in [0, 0.05) is 16.8 Å². The fourth-order valence-electron chi connectivity index (χ4n) is 7.13. The number of nitrogens with zero attached hydrogens (tertiary/aromatic N) is 4. The average Bonchev–Trinajstić information content (AvgIpc) is 3.37. The van der Waals surface area contributed by atoms with Crippen molar-refractivity contribution in [2.45, 2.75) is 90.4 Å².